The minimum atomic E-state index is 0.895. The van der Waals surface area contributed by atoms with E-state index in [1.54, 1.807) is 0 Å². The lowest BCUT2D eigenvalue weighted by Crippen LogP contribution is -1.92. The lowest BCUT2D eigenvalue weighted by Gasteiger charge is -2.08. The molecule has 3 heteroatoms. The first-order valence-electron chi connectivity index (χ1n) is 15.4. The molecule has 1 N–H and O–H groups in total. The van der Waals surface area contributed by atoms with Crippen LogP contribution in [0.15, 0.2) is 156 Å². The normalized spacial score (nSPS) is 12.0. The van der Waals surface area contributed by atoms with Crippen molar-refractivity contribution in [2.24, 2.45) is 0 Å². The molecule has 0 atom stereocenters. The number of hydrogen-bond donors (Lipinski definition) is 1. The molecule has 0 bridgehead atoms. The predicted molar refractivity (Wildman–Crippen MR) is 188 cm³/mol. The minimum absolute atomic E-state index is 0.895. The maximum absolute atomic E-state index is 6.61. The summed E-state index contributed by atoms with van der Waals surface area (Å²) >= 11 is 0. The average molecular weight is 575 g/mol. The van der Waals surface area contributed by atoms with Crippen molar-refractivity contribution in [1.29, 1.82) is 0 Å². The molecule has 45 heavy (non-hydrogen) atoms. The molecule has 0 aliphatic rings. The Labute approximate surface area is 258 Å². The smallest absolute Gasteiger partial charge is 0.143 e. The molecular weight excluding hydrogens is 548 g/mol. The van der Waals surface area contributed by atoms with Gasteiger partial charge in [-0.15, -0.1) is 0 Å². The first kappa shape index (κ1) is 24.4. The van der Waals surface area contributed by atoms with E-state index in [1.165, 1.54) is 49.4 Å². The van der Waals surface area contributed by atoms with Gasteiger partial charge in [0.25, 0.3) is 0 Å². The quantitative estimate of drug-likeness (QED) is 0.224. The summed E-state index contributed by atoms with van der Waals surface area (Å²) in [5.41, 5.74) is 12.3. The number of rotatable bonds is 3. The number of furan rings is 1. The first-order valence-corrected chi connectivity index (χ1v) is 15.4. The van der Waals surface area contributed by atoms with Crippen molar-refractivity contribution in [1.82, 2.24) is 9.55 Å². The van der Waals surface area contributed by atoms with Crippen molar-refractivity contribution in [2.45, 2.75) is 0 Å². The standard InChI is InChI=1S/C42H26N2O/c1-2-10-28(11-3-1)44-38-19-7-5-13-30(38)35-24-26(20-22-39(35)44)27-21-23-40-36(25-27)34-17-9-16-33(42(34)45-40)32-15-8-14-31-29-12-4-6-18-37(29)43-41(31)32/h1-25,43H. The van der Waals surface area contributed by atoms with Gasteiger partial charge in [-0.05, 0) is 59.7 Å². The second-order valence-corrected chi connectivity index (χ2v) is 11.8. The minimum Gasteiger partial charge on any atom is -0.455 e. The van der Waals surface area contributed by atoms with Gasteiger partial charge in [0.1, 0.15) is 11.2 Å². The number of benzene rings is 7. The van der Waals surface area contributed by atoms with Crippen LogP contribution in [-0.2, 0) is 0 Å². The van der Waals surface area contributed by atoms with Crippen molar-refractivity contribution in [3.63, 3.8) is 0 Å². The number of nitrogens with zero attached hydrogens (tertiary/aromatic N) is 1. The highest BCUT2D eigenvalue weighted by atomic mass is 16.3. The highest BCUT2D eigenvalue weighted by molar-refractivity contribution is 6.16. The van der Waals surface area contributed by atoms with Crippen molar-refractivity contribution in [3.05, 3.63) is 152 Å². The molecular formula is C42H26N2O. The van der Waals surface area contributed by atoms with Gasteiger partial charge in [-0.2, -0.15) is 0 Å². The molecule has 0 aliphatic carbocycles. The predicted octanol–water partition coefficient (Wildman–Crippen LogP) is 11.7. The Morgan fingerprint density at radius 1 is 0.444 bits per heavy atom. The van der Waals surface area contributed by atoms with Gasteiger partial charge in [0.15, 0.2) is 0 Å². The fourth-order valence-electron chi connectivity index (χ4n) is 7.30. The van der Waals surface area contributed by atoms with Gasteiger partial charge in [0, 0.05) is 54.6 Å². The molecule has 0 spiro atoms. The van der Waals surface area contributed by atoms with Crippen LogP contribution in [0.5, 0.6) is 0 Å². The Hall–Kier alpha value is -6.06. The third-order valence-electron chi connectivity index (χ3n) is 9.35. The fourth-order valence-corrected chi connectivity index (χ4v) is 7.30. The topological polar surface area (TPSA) is 33.9 Å². The summed E-state index contributed by atoms with van der Waals surface area (Å²) < 4.78 is 8.97. The second kappa shape index (κ2) is 9.22. The van der Waals surface area contributed by atoms with E-state index in [9.17, 15) is 0 Å². The van der Waals surface area contributed by atoms with Crippen LogP contribution in [0.25, 0.3) is 93.5 Å². The van der Waals surface area contributed by atoms with Crippen LogP contribution in [0, 0.1) is 0 Å². The lowest BCUT2D eigenvalue weighted by molar-refractivity contribution is 0.670. The van der Waals surface area contributed by atoms with Gasteiger partial charge < -0.3 is 14.0 Å². The lowest BCUT2D eigenvalue weighted by atomic mass is 9.98. The number of aromatic nitrogens is 2. The molecule has 7 aromatic carbocycles. The average Bonchev–Trinajstić information content (AvgIpc) is 3.77. The Kier molecular flexibility index (Phi) is 5.00. The van der Waals surface area contributed by atoms with Gasteiger partial charge in [0.2, 0.25) is 0 Å². The summed E-state index contributed by atoms with van der Waals surface area (Å²) in [6.07, 6.45) is 0. The summed E-state index contributed by atoms with van der Waals surface area (Å²) in [5.74, 6) is 0. The molecule has 0 radical (unpaired) electrons. The third kappa shape index (κ3) is 3.52. The summed E-state index contributed by atoms with van der Waals surface area (Å²) in [5, 5.41) is 7.21. The van der Waals surface area contributed by atoms with Gasteiger partial charge >= 0.3 is 0 Å². The Balaban J connectivity index is 1.15. The molecule has 3 aromatic heterocycles. The number of nitrogens with one attached hydrogen (secondary N) is 1. The number of para-hydroxylation sites is 5. The molecule has 3 heterocycles. The maximum Gasteiger partial charge on any atom is 0.143 e. The van der Waals surface area contributed by atoms with Crippen molar-refractivity contribution in [2.75, 3.05) is 0 Å². The summed E-state index contributed by atoms with van der Waals surface area (Å²) in [7, 11) is 0. The van der Waals surface area contributed by atoms with Crippen molar-refractivity contribution >= 4 is 65.6 Å². The Morgan fingerprint density at radius 3 is 2.00 bits per heavy atom. The fraction of sp³-hybridized carbons (Fsp3) is 0. The number of fused-ring (bicyclic) bond motifs is 9. The van der Waals surface area contributed by atoms with E-state index in [0.717, 1.165) is 44.1 Å². The second-order valence-electron chi connectivity index (χ2n) is 11.8. The van der Waals surface area contributed by atoms with Crippen molar-refractivity contribution < 1.29 is 4.42 Å². The van der Waals surface area contributed by atoms with E-state index >= 15 is 0 Å². The number of hydrogen-bond acceptors (Lipinski definition) is 1. The number of aromatic amines is 1. The van der Waals surface area contributed by atoms with E-state index in [1.807, 2.05) is 0 Å². The van der Waals surface area contributed by atoms with E-state index < -0.39 is 0 Å². The van der Waals surface area contributed by atoms with E-state index in [2.05, 4.69) is 161 Å². The van der Waals surface area contributed by atoms with Crippen LogP contribution in [0.1, 0.15) is 0 Å². The zero-order valence-corrected chi connectivity index (χ0v) is 24.3. The SMILES string of the molecule is c1ccc(-n2c3ccccc3c3cc(-c4ccc5oc6c(-c7cccc8c7[nH]c7ccccc78)cccc6c5c4)ccc32)cc1. The van der Waals surface area contributed by atoms with E-state index in [0.29, 0.717) is 0 Å². The zero-order chi connectivity index (χ0) is 29.5. The monoisotopic (exact) mass is 574 g/mol. The van der Waals surface area contributed by atoms with Crippen LogP contribution in [0.4, 0.5) is 0 Å². The summed E-state index contributed by atoms with van der Waals surface area (Å²) in [6, 6.07) is 54.2. The molecule has 0 aliphatic heterocycles. The van der Waals surface area contributed by atoms with Gasteiger partial charge in [0.05, 0.1) is 16.6 Å². The Morgan fingerprint density at radius 2 is 1.11 bits per heavy atom. The largest absolute Gasteiger partial charge is 0.455 e. The van der Waals surface area contributed by atoms with Crippen LogP contribution < -0.4 is 0 Å². The molecule has 0 unspecified atom stereocenters. The van der Waals surface area contributed by atoms with Crippen LogP contribution in [0.3, 0.4) is 0 Å². The van der Waals surface area contributed by atoms with E-state index in [-0.39, 0.29) is 0 Å². The maximum atomic E-state index is 6.61. The van der Waals surface area contributed by atoms with Crippen LogP contribution in [-0.4, -0.2) is 9.55 Å². The zero-order valence-electron chi connectivity index (χ0n) is 24.3. The summed E-state index contributed by atoms with van der Waals surface area (Å²) in [6.45, 7) is 0. The molecule has 0 amide bonds. The van der Waals surface area contributed by atoms with Crippen molar-refractivity contribution in [3.8, 4) is 27.9 Å². The van der Waals surface area contributed by atoms with Crippen LogP contribution in [0.2, 0.25) is 0 Å². The molecule has 10 rings (SSSR count). The first-order chi connectivity index (χ1) is 22.3. The Bertz CT molecular complexity index is 2760. The van der Waals surface area contributed by atoms with Gasteiger partial charge in [-0.3, -0.25) is 0 Å². The molecule has 10 aromatic rings. The molecule has 3 nitrogen and oxygen atoms in total. The molecule has 0 fully saturated rings. The third-order valence-corrected chi connectivity index (χ3v) is 9.35. The van der Waals surface area contributed by atoms with E-state index in [4.69, 9.17) is 4.42 Å². The van der Waals surface area contributed by atoms with Gasteiger partial charge in [-0.25, -0.2) is 0 Å². The number of H-pyrrole nitrogens is 1. The van der Waals surface area contributed by atoms with Crippen LogP contribution >= 0.6 is 0 Å². The summed E-state index contributed by atoms with van der Waals surface area (Å²) in [4.78, 5) is 3.67. The van der Waals surface area contributed by atoms with Gasteiger partial charge in [-0.1, -0.05) is 103 Å². The molecule has 210 valence electrons. The molecule has 0 saturated carbocycles. The highest BCUT2D eigenvalue weighted by Crippen LogP contribution is 2.41. The molecule has 0 saturated heterocycles. The highest BCUT2D eigenvalue weighted by Gasteiger charge is 2.17.